The van der Waals surface area contributed by atoms with Crippen molar-refractivity contribution in [3.8, 4) is 0 Å². The molecule has 0 N–H and O–H groups in total. The molecule has 1 saturated heterocycles. The van der Waals surface area contributed by atoms with Gasteiger partial charge in [0.05, 0.1) is 21.5 Å². The molecular formula is C17H15F4NO4S2. The second-order valence-electron chi connectivity index (χ2n) is 6.39. The van der Waals surface area contributed by atoms with Crippen LogP contribution in [-0.4, -0.2) is 39.5 Å². The number of sulfonamides is 1. The Bertz CT molecular complexity index is 1060. The molecule has 0 bridgehead atoms. The van der Waals surface area contributed by atoms with Gasteiger partial charge in [0.15, 0.2) is 9.84 Å². The topological polar surface area (TPSA) is 71.5 Å². The number of nitrogens with zero attached hydrogens (tertiary/aromatic N) is 1. The van der Waals surface area contributed by atoms with E-state index in [1.165, 1.54) is 0 Å². The molecule has 0 aliphatic carbocycles. The number of sulfone groups is 1. The van der Waals surface area contributed by atoms with Gasteiger partial charge in [0.25, 0.3) is 0 Å². The first-order valence-corrected chi connectivity index (χ1v) is 11.2. The average molecular weight is 437 g/mol. The molecule has 0 atom stereocenters. The summed E-state index contributed by atoms with van der Waals surface area (Å²) in [6, 6.07) is 7.98. The average Bonchev–Trinajstić information content (AvgIpc) is 2.52. The summed E-state index contributed by atoms with van der Waals surface area (Å²) < 4.78 is 101. The van der Waals surface area contributed by atoms with Gasteiger partial charge in [-0.2, -0.15) is 17.5 Å². The second-order valence-corrected chi connectivity index (χ2v) is 10.6. The van der Waals surface area contributed by atoms with Crippen LogP contribution in [0.1, 0.15) is 11.1 Å². The van der Waals surface area contributed by atoms with Gasteiger partial charge in [-0.1, -0.05) is 12.1 Å². The van der Waals surface area contributed by atoms with Gasteiger partial charge in [-0.3, -0.25) is 0 Å². The van der Waals surface area contributed by atoms with E-state index in [0.717, 1.165) is 52.8 Å². The first-order chi connectivity index (χ1) is 12.9. The Morgan fingerprint density at radius 2 is 1.43 bits per heavy atom. The predicted octanol–water partition coefficient (Wildman–Crippen LogP) is 2.83. The maximum atomic E-state index is 12.9. The summed E-state index contributed by atoms with van der Waals surface area (Å²) in [4.78, 5) is -0.0984. The third kappa shape index (κ3) is 4.20. The number of alkyl halides is 3. The van der Waals surface area contributed by atoms with Crippen LogP contribution in [0.5, 0.6) is 0 Å². The molecule has 11 heteroatoms. The van der Waals surface area contributed by atoms with E-state index in [9.17, 15) is 34.4 Å². The molecule has 1 heterocycles. The third-order valence-corrected chi connectivity index (χ3v) is 8.31. The van der Waals surface area contributed by atoms with Gasteiger partial charge in [0.1, 0.15) is 5.82 Å². The summed E-state index contributed by atoms with van der Waals surface area (Å²) in [6.07, 6.45) is -4.52. The van der Waals surface area contributed by atoms with Gasteiger partial charge in [-0.15, -0.1) is 0 Å². The van der Waals surface area contributed by atoms with Crippen molar-refractivity contribution in [2.24, 2.45) is 0 Å². The van der Waals surface area contributed by atoms with Crippen molar-refractivity contribution < 1.29 is 34.4 Å². The van der Waals surface area contributed by atoms with Crippen LogP contribution in [0.25, 0.3) is 0 Å². The molecule has 1 fully saturated rings. The highest BCUT2D eigenvalue weighted by atomic mass is 32.2. The zero-order valence-electron chi connectivity index (χ0n) is 14.2. The number of hydrogen-bond acceptors (Lipinski definition) is 4. The lowest BCUT2D eigenvalue weighted by Crippen LogP contribution is -2.56. The van der Waals surface area contributed by atoms with Crippen LogP contribution in [0.15, 0.2) is 53.4 Å². The molecule has 2 aromatic carbocycles. The fourth-order valence-electron chi connectivity index (χ4n) is 2.73. The van der Waals surface area contributed by atoms with E-state index < -0.39 is 48.4 Å². The van der Waals surface area contributed by atoms with Crippen LogP contribution >= 0.6 is 0 Å². The number of hydrogen-bond donors (Lipinski definition) is 0. The van der Waals surface area contributed by atoms with Gasteiger partial charge >= 0.3 is 6.18 Å². The highest BCUT2D eigenvalue weighted by Crippen LogP contribution is 2.30. The molecule has 1 aliphatic heterocycles. The van der Waals surface area contributed by atoms with Crippen LogP contribution in [0.4, 0.5) is 17.6 Å². The van der Waals surface area contributed by atoms with Gasteiger partial charge in [-0.05, 0) is 42.0 Å². The Hall–Kier alpha value is -1.98. The molecule has 0 spiro atoms. The molecule has 0 amide bonds. The van der Waals surface area contributed by atoms with Gasteiger partial charge in [-0.25, -0.2) is 21.2 Å². The molecule has 0 saturated carbocycles. The quantitative estimate of drug-likeness (QED) is 0.533. The summed E-state index contributed by atoms with van der Waals surface area (Å²) in [6.45, 7) is -0.522. The summed E-state index contributed by atoms with van der Waals surface area (Å²) in [5.74, 6) is -1.12. The Morgan fingerprint density at radius 3 is 1.93 bits per heavy atom. The van der Waals surface area contributed by atoms with Crippen molar-refractivity contribution in [2.75, 3.05) is 13.1 Å². The van der Waals surface area contributed by atoms with Crippen LogP contribution < -0.4 is 0 Å². The summed E-state index contributed by atoms with van der Waals surface area (Å²) >= 11 is 0. The predicted molar refractivity (Wildman–Crippen MR) is 93.0 cm³/mol. The first-order valence-electron chi connectivity index (χ1n) is 8.03. The van der Waals surface area contributed by atoms with Crippen molar-refractivity contribution in [1.29, 1.82) is 0 Å². The zero-order valence-corrected chi connectivity index (χ0v) is 15.9. The van der Waals surface area contributed by atoms with Crippen LogP contribution in [0, 0.1) is 5.82 Å². The molecule has 1 aliphatic rings. The molecule has 3 rings (SSSR count). The largest absolute Gasteiger partial charge is 0.416 e. The molecule has 0 aromatic heterocycles. The summed E-state index contributed by atoms with van der Waals surface area (Å²) in [5.41, 5.74) is -0.721. The Kier molecular flexibility index (Phi) is 5.28. The molecule has 5 nitrogen and oxygen atoms in total. The van der Waals surface area contributed by atoms with Gasteiger partial charge < -0.3 is 0 Å². The van der Waals surface area contributed by atoms with E-state index >= 15 is 0 Å². The number of rotatable bonds is 5. The molecule has 152 valence electrons. The summed E-state index contributed by atoms with van der Waals surface area (Å²) in [5, 5.41) is -0.958. The minimum Gasteiger partial charge on any atom is -0.223 e. The van der Waals surface area contributed by atoms with E-state index in [0.29, 0.717) is 0 Å². The van der Waals surface area contributed by atoms with E-state index in [1.807, 2.05) is 0 Å². The standard InChI is InChI=1S/C17H15F4NO4S2/c18-14-5-7-15(8-6-14)28(25,26)16-9-22(10-16)27(23,24)11-12-1-3-13(4-2-12)17(19,20)21/h1-8,16H,9-11H2. The van der Waals surface area contributed by atoms with E-state index in [-0.39, 0.29) is 23.5 Å². The molecule has 28 heavy (non-hydrogen) atoms. The maximum Gasteiger partial charge on any atom is 0.416 e. The van der Waals surface area contributed by atoms with Crippen molar-refractivity contribution in [2.45, 2.75) is 22.1 Å². The molecule has 0 radical (unpaired) electrons. The molecule has 2 aromatic rings. The van der Waals surface area contributed by atoms with Crippen molar-refractivity contribution in [3.05, 3.63) is 65.5 Å². The lowest BCUT2D eigenvalue weighted by atomic mass is 10.1. The monoisotopic (exact) mass is 437 g/mol. The van der Waals surface area contributed by atoms with Gasteiger partial charge in [0.2, 0.25) is 10.0 Å². The smallest absolute Gasteiger partial charge is 0.223 e. The highest BCUT2D eigenvalue weighted by molar-refractivity contribution is 7.92. The van der Waals surface area contributed by atoms with Crippen LogP contribution in [0.3, 0.4) is 0 Å². The lowest BCUT2D eigenvalue weighted by molar-refractivity contribution is -0.137. The maximum absolute atomic E-state index is 12.9. The van der Waals surface area contributed by atoms with E-state index in [2.05, 4.69) is 0 Å². The Balaban J connectivity index is 1.66. The van der Waals surface area contributed by atoms with Crippen molar-refractivity contribution >= 4 is 19.9 Å². The van der Waals surface area contributed by atoms with E-state index in [1.54, 1.807) is 0 Å². The summed E-state index contributed by atoms with van der Waals surface area (Å²) in [7, 11) is -7.68. The first kappa shape index (κ1) is 20.7. The number of halogens is 4. The zero-order chi connectivity index (χ0) is 20.7. The second kappa shape index (κ2) is 7.12. The normalized spacial score (nSPS) is 16.7. The minimum atomic E-state index is -4.52. The van der Waals surface area contributed by atoms with Crippen LogP contribution in [0.2, 0.25) is 0 Å². The van der Waals surface area contributed by atoms with Crippen molar-refractivity contribution in [1.82, 2.24) is 4.31 Å². The molecule has 0 unspecified atom stereocenters. The fourth-order valence-corrected chi connectivity index (χ4v) is 6.18. The third-order valence-electron chi connectivity index (χ3n) is 4.42. The van der Waals surface area contributed by atoms with Crippen molar-refractivity contribution in [3.63, 3.8) is 0 Å². The fraction of sp³-hybridized carbons (Fsp3) is 0.294. The minimum absolute atomic E-state index is 0.0984. The van der Waals surface area contributed by atoms with Gasteiger partial charge in [0, 0.05) is 13.1 Å². The van der Waals surface area contributed by atoms with E-state index in [4.69, 9.17) is 0 Å². The lowest BCUT2D eigenvalue weighted by Gasteiger charge is -2.37. The molecular weight excluding hydrogens is 422 g/mol. The Labute approximate surface area is 159 Å². The SMILES string of the molecule is O=S(=O)(c1ccc(F)cc1)C1CN(S(=O)(=O)Cc2ccc(C(F)(F)F)cc2)C1. The number of benzene rings is 2. The highest BCUT2D eigenvalue weighted by Gasteiger charge is 2.43. The van der Waals surface area contributed by atoms with Crippen LogP contribution in [-0.2, 0) is 31.8 Å². The Morgan fingerprint density at radius 1 is 0.893 bits per heavy atom.